The maximum atomic E-state index is 9.55. The van der Waals surface area contributed by atoms with Gasteiger partial charge in [-0.1, -0.05) is 12.1 Å². The number of carboxylic acids is 2. The third kappa shape index (κ3) is 5.20. The zero-order valence-corrected chi connectivity index (χ0v) is 12.8. The van der Waals surface area contributed by atoms with E-state index in [1.807, 2.05) is 18.5 Å². The summed E-state index contributed by atoms with van der Waals surface area (Å²) in [4.78, 5) is 27.7. The fourth-order valence-electron chi connectivity index (χ4n) is 2.16. The van der Waals surface area contributed by atoms with Gasteiger partial charge in [0.15, 0.2) is 0 Å². The van der Waals surface area contributed by atoms with E-state index in [1.165, 1.54) is 5.39 Å². The number of carboxylic acid groups (broad SMARTS) is 2. The monoisotopic (exact) mass is 327 g/mol. The van der Waals surface area contributed by atoms with Crippen LogP contribution < -0.4 is 5.32 Å². The second-order valence-electron chi connectivity index (χ2n) is 4.97. The highest BCUT2D eigenvalue weighted by Gasteiger charge is 2.07. The molecular weight excluding hydrogens is 310 g/mol. The summed E-state index contributed by atoms with van der Waals surface area (Å²) in [7, 11) is 0. The van der Waals surface area contributed by atoms with E-state index in [4.69, 9.17) is 10.2 Å². The normalized spacial score (nSPS) is 13.2. The van der Waals surface area contributed by atoms with Crippen LogP contribution >= 0.6 is 0 Å². The number of carbonyl (C=O) groups is 2. The Kier molecular flexibility index (Phi) is 6.01. The molecule has 0 aliphatic carbocycles. The molecule has 7 nitrogen and oxygen atoms in total. The summed E-state index contributed by atoms with van der Waals surface area (Å²) in [5.41, 5.74) is 1.10. The number of pyridine rings is 1. The Morgan fingerprint density at radius 1 is 1.12 bits per heavy atom. The molecule has 1 aromatic carbocycles. The molecule has 1 aliphatic rings. The molecule has 2 heterocycles. The van der Waals surface area contributed by atoms with Gasteiger partial charge in [0, 0.05) is 48.6 Å². The van der Waals surface area contributed by atoms with Gasteiger partial charge in [0.25, 0.3) is 0 Å². The first-order valence-electron chi connectivity index (χ1n) is 7.33. The van der Waals surface area contributed by atoms with Crippen molar-refractivity contribution in [1.82, 2.24) is 4.98 Å². The maximum Gasteiger partial charge on any atom is 0.328 e. The van der Waals surface area contributed by atoms with Gasteiger partial charge in [0.2, 0.25) is 0 Å². The number of fused-ring (bicyclic) bond motifs is 1. The average molecular weight is 327 g/mol. The minimum Gasteiger partial charge on any atom is -0.478 e. The van der Waals surface area contributed by atoms with Crippen LogP contribution in [0.3, 0.4) is 0 Å². The molecule has 24 heavy (non-hydrogen) atoms. The second kappa shape index (κ2) is 8.42. The van der Waals surface area contributed by atoms with Crippen LogP contribution in [0.4, 0.5) is 5.69 Å². The molecule has 7 heteroatoms. The topological polar surface area (TPSA) is 112 Å². The fraction of sp³-hybridized carbons (Fsp3) is 0.176. The molecule has 2 aromatic rings. The van der Waals surface area contributed by atoms with Crippen molar-refractivity contribution >= 4 is 34.2 Å². The quantitative estimate of drug-likeness (QED) is 0.747. The molecule has 0 unspecified atom stereocenters. The smallest absolute Gasteiger partial charge is 0.328 e. The maximum absolute atomic E-state index is 9.55. The highest BCUT2D eigenvalue weighted by atomic mass is 16.4. The zero-order valence-electron chi connectivity index (χ0n) is 12.8. The van der Waals surface area contributed by atoms with Crippen LogP contribution in [0, 0.1) is 0 Å². The van der Waals surface area contributed by atoms with Crippen LogP contribution in [0.25, 0.3) is 10.8 Å². The molecule has 0 spiro atoms. The van der Waals surface area contributed by atoms with Crippen molar-refractivity contribution in [2.75, 3.05) is 11.9 Å². The first-order valence-corrected chi connectivity index (χ1v) is 7.33. The number of rotatable bonds is 3. The van der Waals surface area contributed by atoms with E-state index in [2.05, 4.69) is 33.5 Å². The number of aliphatic imine (C=N–C) groups is 1. The summed E-state index contributed by atoms with van der Waals surface area (Å²) in [5.74, 6) is -1.42. The Balaban J connectivity index is 0.000000224. The molecule has 0 bridgehead atoms. The Hall–Kier alpha value is -3.22. The molecule has 3 rings (SSSR count). The SMILES string of the molecule is O=C(O)C=CC(=O)O.c1cc(NC2=NCCC2)c2cnccc2c1. The molecule has 0 atom stereocenters. The number of aromatic nitrogens is 1. The van der Waals surface area contributed by atoms with Gasteiger partial charge in [0.05, 0.1) is 0 Å². The van der Waals surface area contributed by atoms with Gasteiger partial charge in [-0.05, 0) is 23.9 Å². The molecule has 124 valence electrons. The molecular formula is C17H17N3O4. The van der Waals surface area contributed by atoms with E-state index in [9.17, 15) is 9.59 Å². The molecule has 0 saturated carbocycles. The van der Waals surface area contributed by atoms with Crippen molar-refractivity contribution in [3.63, 3.8) is 0 Å². The van der Waals surface area contributed by atoms with E-state index in [0.29, 0.717) is 12.2 Å². The zero-order chi connectivity index (χ0) is 17.4. The lowest BCUT2D eigenvalue weighted by atomic mass is 10.1. The number of hydrogen-bond acceptors (Lipinski definition) is 5. The summed E-state index contributed by atoms with van der Waals surface area (Å²) >= 11 is 0. The van der Waals surface area contributed by atoms with Crippen molar-refractivity contribution in [1.29, 1.82) is 0 Å². The molecule has 0 fully saturated rings. The van der Waals surface area contributed by atoms with Gasteiger partial charge in [-0.15, -0.1) is 0 Å². The average Bonchev–Trinajstić information content (AvgIpc) is 3.07. The van der Waals surface area contributed by atoms with E-state index >= 15 is 0 Å². The van der Waals surface area contributed by atoms with Crippen LogP contribution in [-0.2, 0) is 9.59 Å². The largest absolute Gasteiger partial charge is 0.478 e. The highest BCUT2D eigenvalue weighted by Crippen LogP contribution is 2.23. The van der Waals surface area contributed by atoms with E-state index in [1.54, 1.807) is 0 Å². The summed E-state index contributed by atoms with van der Waals surface area (Å²) in [6, 6.07) is 8.25. The van der Waals surface area contributed by atoms with Crippen LogP contribution in [0.5, 0.6) is 0 Å². The van der Waals surface area contributed by atoms with Gasteiger partial charge in [-0.2, -0.15) is 0 Å². The predicted octanol–water partition coefficient (Wildman–Crippen LogP) is 2.55. The standard InChI is InChI=1S/C13H13N3.C4H4O4/c1-3-10-6-8-14-9-11(10)12(4-1)16-13-5-2-7-15-13;5-3(6)1-2-4(7)8/h1,3-4,6,8-9H,2,5,7H2,(H,15,16);1-2H,(H,5,6)(H,7,8). The number of nitrogens with one attached hydrogen (secondary N) is 1. The number of anilines is 1. The Morgan fingerprint density at radius 2 is 1.88 bits per heavy atom. The van der Waals surface area contributed by atoms with Crippen molar-refractivity contribution in [2.45, 2.75) is 12.8 Å². The van der Waals surface area contributed by atoms with Crippen LogP contribution in [0.2, 0.25) is 0 Å². The lowest BCUT2D eigenvalue weighted by Crippen LogP contribution is -2.08. The number of aliphatic carboxylic acids is 2. The number of benzene rings is 1. The molecule has 1 aliphatic heterocycles. The minimum absolute atomic E-state index is 0.558. The predicted molar refractivity (Wildman–Crippen MR) is 91.3 cm³/mol. The van der Waals surface area contributed by atoms with Crippen molar-refractivity contribution < 1.29 is 19.8 Å². The summed E-state index contributed by atoms with van der Waals surface area (Å²) in [6.45, 7) is 0.950. The molecule has 0 saturated heterocycles. The van der Waals surface area contributed by atoms with Crippen LogP contribution in [-0.4, -0.2) is 39.5 Å². The molecule has 0 amide bonds. The van der Waals surface area contributed by atoms with Gasteiger partial charge < -0.3 is 15.5 Å². The van der Waals surface area contributed by atoms with Gasteiger partial charge in [-0.3, -0.25) is 9.98 Å². The number of hydrogen-bond donors (Lipinski definition) is 3. The number of nitrogens with zero attached hydrogens (tertiary/aromatic N) is 2. The Morgan fingerprint density at radius 3 is 2.50 bits per heavy atom. The molecule has 0 radical (unpaired) electrons. The third-order valence-electron chi connectivity index (χ3n) is 3.21. The van der Waals surface area contributed by atoms with Gasteiger partial charge >= 0.3 is 11.9 Å². The van der Waals surface area contributed by atoms with Crippen molar-refractivity contribution in [3.8, 4) is 0 Å². The van der Waals surface area contributed by atoms with E-state index < -0.39 is 11.9 Å². The highest BCUT2D eigenvalue weighted by molar-refractivity contribution is 6.04. The van der Waals surface area contributed by atoms with Crippen LogP contribution in [0.1, 0.15) is 12.8 Å². The molecule has 1 aromatic heterocycles. The van der Waals surface area contributed by atoms with E-state index in [0.717, 1.165) is 36.3 Å². The summed E-state index contributed by atoms with van der Waals surface area (Å²) in [5, 5.41) is 21.4. The first kappa shape index (κ1) is 17.1. The lowest BCUT2D eigenvalue weighted by molar-refractivity contribution is -0.134. The fourth-order valence-corrected chi connectivity index (χ4v) is 2.16. The lowest BCUT2D eigenvalue weighted by Gasteiger charge is -2.08. The van der Waals surface area contributed by atoms with E-state index in [-0.39, 0.29) is 0 Å². The Labute approximate surface area is 138 Å². The van der Waals surface area contributed by atoms with Gasteiger partial charge in [-0.25, -0.2) is 9.59 Å². The minimum atomic E-state index is -1.26. The third-order valence-corrected chi connectivity index (χ3v) is 3.21. The summed E-state index contributed by atoms with van der Waals surface area (Å²) in [6.07, 6.45) is 7.04. The van der Waals surface area contributed by atoms with Crippen molar-refractivity contribution in [3.05, 3.63) is 48.8 Å². The Bertz CT molecular complexity index is 778. The van der Waals surface area contributed by atoms with Crippen LogP contribution in [0.15, 0.2) is 53.8 Å². The van der Waals surface area contributed by atoms with Crippen molar-refractivity contribution in [2.24, 2.45) is 4.99 Å². The first-order chi connectivity index (χ1) is 11.6. The molecule has 3 N–H and O–H groups in total. The number of amidine groups is 1. The van der Waals surface area contributed by atoms with Gasteiger partial charge in [0.1, 0.15) is 5.84 Å². The second-order valence-corrected chi connectivity index (χ2v) is 4.97. The summed E-state index contributed by atoms with van der Waals surface area (Å²) < 4.78 is 0.